The zero-order valence-electron chi connectivity index (χ0n) is 25.4. The number of aromatic nitrogens is 4. The van der Waals surface area contributed by atoms with Crippen LogP contribution in [-0.4, -0.2) is 86.6 Å². The van der Waals surface area contributed by atoms with Crippen LogP contribution in [-0.2, 0) is 9.59 Å². The molecule has 2 amide bonds. The quantitative estimate of drug-likeness (QED) is 0.267. The van der Waals surface area contributed by atoms with Crippen molar-refractivity contribution in [3.05, 3.63) is 90.8 Å². The Morgan fingerprint density at radius 2 is 1.64 bits per heavy atom. The van der Waals surface area contributed by atoms with Gasteiger partial charge in [0, 0.05) is 53.6 Å². The summed E-state index contributed by atoms with van der Waals surface area (Å²) in [6.45, 7) is 2.99. The topological polar surface area (TPSA) is 110 Å². The molecule has 2 N–H and O–H groups in total. The first-order valence-corrected chi connectivity index (χ1v) is 15.8. The van der Waals surface area contributed by atoms with E-state index >= 15 is 0 Å². The van der Waals surface area contributed by atoms with Gasteiger partial charge in [-0.3, -0.25) is 19.6 Å². The minimum Gasteiger partial charge on any atom is -0.365 e. The molecule has 0 radical (unpaired) electrons. The number of likely N-dealkylation sites (tertiary alicyclic amines) is 2. The zero-order chi connectivity index (χ0) is 32.1. The Balaban J connectivity index is 0.846. The lowest BCUT2D eigenvalue weighted by Gasteiger charge is -2.36. The highest BCUT2D eigenvalue weighted by atomic mass is 19.1. The summed E-state index contributed by atoms with van der Waals surface area (Å²) in [5, 5.41) is 11.3. The number of rotatable bonds is 7. The molecule has 3 atom stereocenters. The Bertz CT molecular complexity index is 1950. The summed E-state index contributed by atoms with van der Waals surface area (Å²) in [7, 11) is 0. The molecule has 3 aromatic carbocycles. The minimum atomic E-state index is -0.466. The van der Waals surface area contributed by atoms with E-state index in [1.807, 2.05) is 47.4 Å². The van der Waals surface area contributed by atoms with Gasteiger partial charge in [0.15, 0.2) is 11.6 Å². The van der Waals surface area contributed by atoms with E-state index in [4.69, 9.17) is 0 Å². The largest absolute Gasteiger partial charge is 0.365 e. The highest BCUT2D eigenvalue weighted by Crippen LogP contribution is 2.36. The second kappa shape index (κ2) is 11.8. The molecule has 3 fully saturated rings. The number of carbonyl (C=O) groups is 2. The molecule has 3 saturated heterocycles. The Labute approximate surface area is 269 Å². The van der Waals surface area contributed by atoms with Crippen LogP contribution in [0, 0.1) is 17.6 Å². The van der Waals surface area contributed by atoms with Gasteiger partial charge in [0.25, 0.3) is 0 Å². The van der Waals surface area contributed by atoms with Gasteiger partial charge in [-0.05, 0) is 86.1 Å². The number of carbonyl (C=O) groups excluding carboxylic acids is 2. The lowest BCUT2D eigenvalue weighted by atomic mass is 10.1. The summed E-state index contributed by atoms with van der Waals surface area (Å²) in [6.07, 6.45) is 3.94. The molecule has 0 aliphatic carbocycles. The van der Waals surface area contributed by atoms with Gasteiger partial charge in [0.05, 0.1) is 42.1 Å². The fourth-order valence-electron chi connectivity index (χ4n) is 7.19. The number of hydrogen-bond acceptors (Lipinski definition) is 7. The molecule has 47 heavy (non-hydrogen) atoms. The molecule has 0 spiro atoms. The summed E-state index contributed by atoms with van der Waals surface area (Å²) in [5.74, 6) is -0.472. The normalized spacial score (nSPS) is 20.8. The van der Waals surface area contributed by atoms with E-state index in [9.17, 15) is 18.4 Å². The summed E-state index contributed by atoms with van der Waals surface area (Å²) in [5.41, 5.74) is 4.86. The van der Waals surface area contributed by atoms with Gasteiger partial charge in [0.2, 0.25) is 11.8 Å². The zero-order valence-corrected chi connectivity index (χ0v) is 25.4. The number of fused-ring (bicyclic) bond motifs is 3. The van der Waals surface area contributed by atoms with Gasteiger partial charge < -0.3 is 15.1 Å². The van der Waals surface area contributed by atoms with Crippen molar-refractivity contribution >= 4 is 34.1 Å². The third kappa shape index (κ3) is 5.69. The van der Waals surface area contributed by atoms with E-state index in [0.29, 0.717) is 49.8 Å². The average molecular weight is 635 g/mol. The molecule has 238 valence electrons. The number of hydrogen-bond donors (Lipinski definition) is 2. The summed E-state index contributed by atoms with van der Waals surface area (Å²) < 4.78 is 26.6. The van der Waals surface area contributed by atoms with Crippen LogP contribution in [0.1, 0.15) is 12.8 Å². The maximum Gasteiger partial charge on any atom is 0.237 e. The number of nitrogens with zero attached hydrogens (tertiary/aromatic N) is 6. The standard InChI is InChI=1S/C35H32F2N8O2/c36-24-5-1-21(2-6-24)33-30-13-26(7-10-31(30)41-42-33)40-35(47)23-11-12-43(17-23)20-32(46)45-19-28-14-29(45)18-44(28)27-8-3-22(4-9-27)34-38-15-25(37)16-39-34/h1-10,13,15-16,23,28-29H,11-12,14,17-20H2,(H,40,47)(H,41,42)/t23-,28-,29+/m1/s1. The van der Waals surface area contributed by atoms with Crippen molar-refractivity contribution in [3.63, 3.8) is 0 Å². The van der Waals surface area contributed by atoms with Gasteiger partial charge in [-0.25, -0.2) is 18.7 Å². The van der Waals surface area contributed by atoms with Crippen molar-refractivity contribution in [3.8, 4) is 22.6 Å². The predicted octanol–water partition coefficient (Wildman–Crippen LogP) is 4.72. The van der Waals surface area contributed by atoms with E-state index < -0.39 is 5.82 Å². The molecule has 3 aliphatic rings. The van der Waals surface area contributed by atoms with Crippen molar-refractivity contribution in [2.24, 2.45) is 5.92 Å². The molecule has 2 bridgehead atoms. The highest BCUT2D eigenvalue weighted by Gasteiger charge is 2.45. The van der Waals surface area contributed by atoms with Gasteiger partial charge in [-0.2, -0.15) is 5.10 Å². The first-order chi connectivity index (χ1) is 22.9. The fourth-order valence-corrected chi connectivity index (χ4v) is 7.19. The van der Waals surface area contributed by atoms with E-state index in [1.54, 1.807) is 12.1 Å². The molecular weight excluding hydrogens is 602 g/mol. The molecule has 10 nitrogen and oxygen atoms in total. The lowest BCUT2D eigenvalue weighted by molar-refractivity contribution is -0.133. The van der Waals surface area contributed by atoms with Gasteiger partial charge in [0.1, 0.15) is 5.82 Å². The average Bonchev–Trinajstić information content (AvgIpc) is 3.90. The SMILES string of the molecule is O=C(Nc1ccc2[nH]nc(-c3ccc(F)cc3)c2c1)[C@@H]1CCN(CC(=O)N2C[C@H]3C[C@H]2CN3c2ccc(-c3ncc(F)cn3)cc2)C1. The lowest BCUT2D eigenvalue weighted by Crippen LogP contribution is -2.51. The van der Waals surface area contributed by atoms with E-state index in [1.165, 1.54) is 12.1 Å². The van der Waals surface area contributed by atoms with Gasteiger partial charge in [-0.15, -0.1) is 0 Å². The van der Waals surface area contributed by atoms with Crippen LogP contribution in [0.25, 0.3) is 33.5 Å². The van der Waals surface area contributed by atoms with E-state index in [0.717, 1.165) is 53.1 Å². The number of benzene rings is 3. The van der Waals surface area contributed by atoms with Crippen molar-refractivity contribution in [1.29, 1.82) is 0 Å². The Morgan fingerprint density at radius 3 is 2.38 bits per heavy atom. The molecule has 3 aliphatic heterocycles. The third-order valence-electron chi connectivity index (χ3n) is 9.59. The van der Waals surface area contributed by atoms with Crippen molar-refractivity contribution < 1.29 is 18.4 Å². The summed E-state index contributed by atoms with van der Waals surface area (Å²) >= 11 is 0. The predicted molar refractivity (Wildman–Crippen MR) is 173 cm³/mol. The number of amides is 2. The minimum absolute atomic E-state index is 0.0704. The molecule has 0 unspecified atom stereocenters. The second-order valence-corrected chi connectivity index (χ2v) is 12.6. The Kier molecular flexibility index (Phi) is 7.36. The van der Waals surface area contributed by atoms with Gasteiger partial charge in [-0.1, -0.05) is 0 Å². The van der Waals surface area contributed by atoms with Crippen LogP contribution >= 0.6 is 0 Å². The van der Waals surface area contributed by atoms with Gasteiger partial charge >= 0.3 is 0 Å². The molecule has 0 saturated carbocycles. The highest BCUT2D eigenvalue weighted by molar-refractivity contribution is 5.99. The van der Waals surface area contributed by atoms with Crippen molar-refractivity contribution in [1.82, 2.24) is 30.0 Å². The van der Waals surface area contributed by atoms with Crippen LogP contribution < -0.4 is 10.2 Å². The Hall–Kier alpha value is -5.23. The molecule has 5 heterocycles. The number of piperazine rings is 1. The molecule has 12 heteroatoms. The smallest absolute Gasteiger partial charge is 0.237 e. The van der Waals surface area contributed by atoms with Crippen LogP contribution in [0.5, 0.6) is 0 Å². The van der Waals surface area contributed by atoms with E-state index in [-0.39, 0.29) is 35.6 Å². The molecule has 2 aromatic heterocycles. The summed E-state index contributed by atoms with van der Waals surface area (Å²) in [4.78, 5) is 41.2. The first kappa shape index (κ1) is 29.2. The number of nitrogens with one attached hydrogen (secondary N) is 2. The maximum absolute atomic E-state index is 13.4. The number of anilines is 2. The molecule has 5 aromatic rings. The van der Waals surface area contributed by atoms with Crippen LogP contribution in [0.3, 0.4) is 0 Å². The van der Waals surface area contributed by atoms with Crippen molar-refractivity contribution in [2.45, 2.75) is 24.9 Å². The summed E-state index contributed by atoms with van der Waals surface area (Å²) in [6, 6.07) is 20.1. The monoisotopic (exact) mass is 634 g/mol. The first-order valence-electron chi connectivity index (χ1n) is 15.8. The third-order valence-corrected chi connectivity index (χ3v) is 9.59. The van der Waals surface area contributed by atoms with Crippen molar-refractivity contribution in [2.75, 3.05) is 42.9 Å². The molecular formula is C35H32F2N8O2. The van der Waals surface area contributed by atoms with Crippen LogP contribution in [0.2, 0.25) is 0 Å². The molecule has 8 rings (SSSR count). The van der Waals surface area contributed by atoms with E-state index in [2.05, 4.69) is 35.3 Å². The maximum atomic E-state index is 13.4. The second-order valence-electron chi connectivity index (χ2n) is 12.6. The number of halogens is 2. The number of aromatic amines is 1. The number of H-pyrrole nitrogens is 1. The van der Waals surface area contributed by atoms with Crippen LogP contribution in [0.15, 0.2) is 79.1 Å². The van der Waals surface area contributed by atoms with Crippen LogP contribution in [0.4, 0.5) is 20.2 Å². The Morgan fingerprint density at radius 1 is 0.872 bits per heavy atom. The fraction of sp³-hybridized carbons (Fsp3) is 0.286.